The highest BCUT2D eigenvalue weighted by molar-refractivity contribution is 5.71. The average molecular weight is 211 g/mol. The summed E-state index contributed by atoms with van der Waals surface area (Å²) in [7, 11) is 0. The Bertz CT molecular complexity index is 236. The molecule has 1 saturated heterocycles. The summed E-state index contributed by atoms with van der Waals surface area (Å²) < 4.78 is 0. The molecule has 3 unspecified atom stereocenters. The molecular formula is C12H21NO2. The van der Waals surface area contributed by atoms with Crippen LogP contribution in [0.5, 0.6) is 0 Å². The lowest BCUT2D eigenvalue weighted by Crippen LogP contribution is -2.45. The number of carboxylic acid groups (broad SMARTS) is 1. The van der Waals surface area contributed by atoms with Crippen LogP contribution in [0.2, 0.25) is 0 Å². The van der Waals surface area contributed by atoms with Crippen molar-refractivity contribution in [3.05, 3.63) is 0 Å². The molecule has 2 aliphatic rings. The normalized spacial score (nSPS) is 38.1. The van der Waals surface area contributed by atoms with Crippen molar-refractivity contribution < 1.29 is 9.90 Å². The highest BCUT2D eigenvalue weighted by atomic mass is 16.4. The molecule has 1 aliphatic heterocycles. The van der Waals surface area contributed by atoms with E-state index in [4.69, 9.17) is 0 Å². The van der Waals surface area contributed by atoms with E-state index in [0.717, 1.165) is 32.4 Å². The van der Waals surface area contributed by atoms with Crippen molar-refractivity contribution in [3.63, 3.8) is 0 Å². The maximum atomic E-state index is 11.2. The third-order valence-corrected chi connectivity index (χ3v) is 4.01. The zero-order chi connectivity index (χ0) is 10.8. The van der Waals surface area contributed by atoms with Crippen molar-refractivity contribution in [2.45, 2.75) is 45.1 Å². The van der Waals surface area contributed by atoms with Crippen LogP contribution >= 0.6 is 0 Å². The molecule has 1 aliphatic carbocycles. The number of hydrogen-bond donors (Lipinski definition) is 1. The Morgan fingerprint density at radius 1 is 1.27 bits per heavy atom. The van der Waals surface area contributed by atoms with Crippen molar-refractivity contribution in [2.24, 2.45) is 11.8 Å². The standard InChI is InChI=1S/C12H21NO2/c1-9-4-5-10(12(14)15)11(8-9)13-6-2-3-7-13/h9-11H,2-8H2,1H3,(H,14,15). The predicted molar refractivity (Wildman–Crippen MR) is 58.7 cm³/mol. The Morgan fingerprint density at radius 2 is 1.93 bits per heavy atom. The summed E-state index contributed by atoms with van der Waals surface area (Å²) >= 11 is 0. The lowest BCUT2D eigenvalue weighted by molar-refractivity contribution is -0.146. The molecule has 86 valence electrons. The van der Waals surface area contributed by atoms with E-state index in [-0.39, 0.29) is 5.92 Å². The molecule has 1 saturated carbocycles. The SMILES string of the molecule is CC1CCC(C(=O)O)C(N2CCCC2)C1. The van der Waals surface area contributed by atoms with E-state index in [9.17, 15) is 9.90 Å². The van der Waals surface area contributed by atoms with Crippen molar-refractivity contribution >= 4 is 5.97 Å². The zero-order valence-electron chi connectivity index (χ0n) is 9.48. The lowest BCUT2D eigenvalue weighted by Gasteiger charge is -2.38. The molecule has 0 aromatic rings. The monoisotopic (exact) mass is 211 g/mol. The fourth-order valence-corrected chi connectivity index (χ4v) is 3.12. The third-order valence-electron chi connectivity index (χ3n) is 4.01. The molecule has 2 rings (SSSR count). The van der Waals surface area contributed by atoms with Gasteiger partial charge in [0.2, 0.25) is 0 Å². The minimum Gasteiger partial charge on any atom is -0.481 e. The van der Waals surface area contributed by atoms with Crippen molar-refractivity contribution in [1.29, 1.82) is 0 Å². The van der Waals surface area contributed by atoms with E-state index in [2.05, 4.69) is 11.8 Å². The molecular weight excluding hydrogens is 190 g/mol. The maximum Gasteiger partial charge on any atom is 0.308 e. The van der Waals surface area contributed by atoms with E-state index in [1.54, 1.807) is 0 Å². The lowest BCUT2D eigenvalue weighted by atomic mass is 9.78. The van der Waals surface area contributed by atoms with Gasteiger partial charge in [-0.05, 0) is 51.1 Å². The molecule has 15 heavy (non-hydrogen) atoms. The van der Waals surface area contributed by atoms with Gasteiger partial charge in [0.25, 0.3) is 0 Å². The predicted octanol–water partition coefficient (Wildman–Crippen LogP) is 1.97. The molecule has 0 radical (unpaired) electrons. The average Bonchev–Trinajstić information content (AvgIpc) is 2.69. The molecule has 0 spiro atoms. The summed E-state index contributed by atoms with van der Waals surface area (Å²) in [6, 6.07) is 0.314. The number of rotatable bonds is 2. The van der Waals surface area contributed by atoms with Gasteiger partial charge in [0.05, 0.1) is 5.92 Å². The van der Waals surface area contributed by atoms with Crippen LogP contribution in [0.4, 0.5) is 0 Å². The summed E-state index contributed by atoms with van der Waals surface area (Å²) in [6.07, 6.45) is 5.53. The van der Waals surface area contributed by atoms with E-state index >= 15 is 0 Å². The van der Waals surface area contributed by atoms with E-state index in [0.29, 0.717) is 12.0 Å². The fraction of sp³-hybridized carbons (Fsp3) is 0.917. The molecule has 0 amide bonds. The number of aliphatic carboxylic acids is 1. The fourth-order valence-electron chi connectivity index (χ4n) is 3.12. The van der Waals surface area contributed by atoms with Gasteiger partial charge in [0, 0.05) is 6.04 Å². The van der Waals surface area contributed by atoms with Gasteiger partial charge in [0.15, 0.2) is 0 Å². The minimum atomic E-state index is -0.584. The first kappa shape index (κ1) is 10.9. The number of carboxylic acids is 1. The highest BCUT2D eigenvalue weighted by Gasteiger charge is 2.37. The summed E-state index contributed by atoms with van der Waals surface area (Å²) in [5.74, 6) is 0.00398. The van der Waals surface area contributed by atoms with Crippen LogP contribution in [0.1, 0.15) is 39.0 Å². The Hall–Kier alpha value is -0.570. The van der Waals surface area contributed by atoms with Crippen LogP contribution in [0.15, 0.2) is 0 Å². The van der Waals surface area contributed by atoms with Crippen LogP contribution < -0.4 is 0 Å². The second kappa shape index (κ2) is 4.52. The number of nitrogens with zero attached hydrogens (tertiary/aromatic N) is 1. The molecule has 0 bridgehead atoms. The largest absolute Gasteiger partial charge is 0.481 e. The summed E-state index contributed by atoms with van der Waals surface area (Å²) in [6.45, 7) is 4.48. The summed E-state index contributed by atoms with van der Waals surface area (Å²) in [5, 5.41) is 9.23. The maximum absolute atomic E-state index is 11.2. The number of hydrogen-bond acceptors (Lipinski definition) is 2. The molecule has 1 heterocycles. The Labute approximate surface area is 91.5 Å². The molecule has 3 atom stereocenters. The minimum absolute atomic E-state index is 0.112. The van der Waals surface area contributed by atoms with Crippen molar-refractivity contribution in [2.75, 3.05) is 13.1 Å². The zero-order valence-corrected chi connectivity index (χ0v) is 9.48. The quantitative estimate of drug-likeness (QED) is 0.759. The first-order valence-electron chi connectivity index (χ1n) is 6.15. The van der Waals surface area contributed by atoms with Gasteiger partial charge < -0.3 is 5.11 Å². The van der Waals surface area contributed by atoms with Gasteiger partial charge in [-0.25, -0.2) is 0 Å². The first-order chi connectivity index (χ1) is 7.18. The molecule has 3 nitrogen and oxygen atoms in total. The van der Waals surface area contributed by atoms with Gasteiger partial charge in [-0.2, -0.15) is 0 Å². The second-order valence-electron chi connectivity index (χ2n) is 5.17. The van der Waals surface area contributed by atoms with E-state index in [1.807, 2.05) is 0 Å². The van der Waals surface area contributed by atoms with E-state index < -0.39 is 5.97 Å². The van der Waals surface area contributed by atoms with Crippen LogP contribution in [0, 0.1) is 11.8 Å². The van der Waals surface area contributed by atoms with Crippen molar-refractivity contribution in [1.82, 2.24) is 4.90 Å². The topological polar surface area (TPSA) is 40.5 Å². The number of carbonyl (C=O) groups is 1. The van der Waals surface area contributed by atoms with Gasteiger partial charge in [0.1, 0.15) is 0 Å². The summed E-state index contributed by atoms with van der Waals surface area (Å²) in [5.41, 5.74) is 0. The van der Waals surface area contributed by atoms with E-state index in [1.165, 1.54) is 12.8 Å². The smallest absolute Gasteiger partial charge is 0.308 e. The molecule has 0 aromatic carbocycles. The van der Waals surface area contributed by atoms with Gasteiger partial charge in [-0.3, -0.25) is 9.69 Å². The van der Waals surface area contributed by atoms with Crippen LogP contribution in [-0.2, 0) is 4.79 Å². The summed E-state index contributed by atoms with van der Waals surface area (Å²) in [4.78, 5) is 13.6. The van der Waals surface area contributed by atoms with Crippen LogP contribution in [0.25, 0.3) is 0 Å². The van der Waals surface area contributed by atoms with Crippen LogP contribution in [-0.4, -0.2) is 35.1 Å². The van der Waals surface area contributed by atoms with Crippen molar-refractivity contribution in [3.8, 4) is 0 Å². The highest BCUT2D eigenvalue weighted by Crippen LogP contribution is 2.33. The Kier molecular flexibility index (Phi) is 3.29. The van der Waals surface area contributed by atoms with Crippen LogP contribution in [0.3, 0.4) is 0 Å². The first-order valence-corrected chi connectivity index (χ1v) is 6.15. The number of likely N-dealkylation sites (tertiary alicyclic amines) is 1. The molecule has 2 fully saturated rings. The van der Waals surface area contributed by atoms with Gasteiger partial charge in [-0.1, -0.05) is 6.92 Å². The van der Waals surface area contributed by atoms with Gasteiger partial charge >= 0.3 is 5.97 Å². The third kappa shape index (κ3) is 2.33. The molecule has 1 N–H and O–H groups in total. The Morgan fingerprint density at radius 3 is 2.53 bits per heavy atom. The van der Waals surface area contributed by atoms with Gasteiger partial charge in [-0.15, -0.1) is 0 Å². The molecule has 0 aromatic heterocycles. The second-order valence-corrected chi connectivity index (χ2v) is 5.17. The Balaban J connectivity index is 2.05. The molecule has 3 heteroatoms.